The Balaban J connectivity index is 0.849. The Morgan fingerprint density at radius 3 is 2.31 bits per heavy atom. The minimum atomic E-state index is -0.846. The Morgan fingerprint density at radius 1 is 0.857 bits per heavy atom. The number of nitrogens with two attached hydrogens (primary N) is 2. The second-order valence-corrected chi connectivity index (χ2v) is 19.4. The van der Waals surface area contributed by atoms with E-state index >= 15 is 0 Å². The topological polar surface area (TPSA) is 316 Å². The van der Waals surface area contributed by atoms with E-state index in [1.807, 2.05) is 30.3 Å². The van der Waals surface area contributed by atoms with Gasteiger partial charge in [-0.2, -0.15) is 0 Å². The number of rotatable bonds is 25. The third kappa shape index (κ3) is 16.3. The molecular weight excluding hydrogens is 991 g/mol. The van der Waals surface area contributed by atoms with Gasteiger partial charge in [0.15, 0.2) is 17.3 Å². The van der Waals surface area contributed by atoms with E-state index in [4.69, 9.17) is 20.9 Å². The maximum atomic E-state index is 13.7. The first-order valence-corrected chi connectivity index (χ1v) is 25.9. The molecule has 7 rings (SSSR count). The maximum absolute atomic E-state index is 13.7. The minimum Gasteiger partial charge on any atom is -0.445 e. The van der Waals surface area contributed by atoms with Crippen LogP contribution in [0.1, 0.15) is 81.3 Å². The van der Waals surface area contributed by atoms with Crippen LogP contribution in [0.3, 0.4) is 0 Å². The zero-order chi connectivity index (χ0) is 54.8. The molecule has 77 heavy (non-hydrogen) atoms. The van der Waals surface area contributed by atoms with E-state index in [9.17, 15) is 38.4 Å². The van der Waals surface area contributed by atoms with Gasteiger partial charge in [0.2, 0.25) is 11.8 Å². The lowest BCUT2D eigenvalue weighted by Crippen LogP contribution is -2.45. The van der Waals surface area contributed by atoms with Crippen molar-refractivity contribution in [3.63, 3.8) is 0 Å². The third-order valence-corrected chi connectivity index (χ3v) is 13.4. The highest BCUT2D eigenvalue weighted by atomic mass is 16.5. The normalized spacial score (nSPS) is 16.0. The summed E-state index contributed by atoms with van der Waals surface area (Å²) in [6.07, 6.45) is 9.56. The summed E-state index contributed by atoms with van der Waals surface area (Å²) in [5.74, 6) is -3.35. The zero-order valence-corrected chi connectivity index (χ0v) is 43.3. The van der Waals surface area contributed by atoms with Gasteiger partial charge >= 0.3 is 12.1 Å². The summed E-state index contributed by atoms with van der Waals surface area (Å²) < 4.78 is 11.0. The van der Waals surface area contributed by atoms with Crippen LogP contribution in [0.15, 0.2) is 85.3 Å². The van der Waals surface area contributed by atoms with Gasteiger partial charge in [0, 0.05) is 93.3 Å². The molecule has 0 unspecified atom stereocenters. The number of urea groups is 1. The van der Waals surface area contributed by atoms with E-state index in [1.165, 1.54) is 18.3 Å². The molecule has 0 saturated carbocycles. The van der Waals surface area contributed by atoms with E-state index in [1.54, 1.807) is 50.5 Å². The summed E-state index contributed by atoms with van der Waals surface area (Å²) in [4.78, 5) is 120. The number of nitrogens with one attached hydrogen (secondary N) is 5. The van der Waals surface area contributed by atoms with Gasteiger partial charge in [-0.25, -0.2) is 19.6 Å². The van der Waals surface area contributed by atoms with E-state index in [2.05, 4.69) is 51.3 Å². The summed E-state index contributed by atoms with van der Waals surface area (Å²) in [7, 11) is 0. The second-order valence-electron chi connectivity index (χ2n) is 19.4. The van der Waals surface area contributed by atoms with Crippen molar-refractivity contribution in [2.45, 2.75) is 83.9 Å². The van der Waals surface area contributed by atoms with Crippen LogP contribution < -0.4 is 47.9 Å². The van der Waals surface area contributed by atoms with E-state index < -0.39 is 35.9 Å². The summed E-state index contributed by atoms with van der Waals surface area (Å²) in [5, 5.41) is 14.1. The molecule has 0 aliphatic carbocycles. The monoisotopic (exact) mass is 1060 g/mol. The van der Waals surface area contributed by atoms with Gasteiger partial charge in [-0.05, 0) is 73.9 Å². The molecule has 3 atom stereocenters. The molecule has 2 aromatic heterocycles. The van der Waals surface area contributed by atoms with Crippen LogP contribution in [0.2, 0.25) is 0 Å². The number of alkyl carbamates (subject to hydrolysis) is 1. The lowest BCUT2D eigenvalue weighted by atomic mass is 9.89. The van der Waals surface area contributed by atoms with Crippen molar-refractivity contribution in [1.82, 2.24) is 35.8 Å². The Morgan fingerprint density at radius 2 is 1.60 bits per heavy atom. The lowest BCUT2D eigenvalue weighted by molar-refractivity contribution is -0.137. The number of benzene rings is 2. The average molecular weight is 1060 g/mol. The molecule has 3 aliphatic rings. The summed E-state index contributed by atoms with van der Waals surface area (Å²) in [6.45, 7) is 7.81. The van der Waals surface area contributed by atoms with Crippen molar-refractivity contribution >= 4 is 76.0 Å². The minimum absolute atomic E-state index is 0.00697. The van der Waals surface area contributed by atoms with Gasteiger partial charge in [-0.1, -0.05) is 44.5 Å². The van der Waals surface area contributed by atoms with E-state index in [0.717, 1.165) is 21.8 Å². The first kappa shape index (κ1) is 56.3. The number of nitrogen functional groups attached to an aromatic ring is 1. The van der Waals surface area contributed by atoms with Crippen molar-refractivity contribution in [2.24, 2.45) is 17.6 Å². The van der Waals surface area contributed by atoms with Crippen molar-refractivity contribution < 1.29 is 47.8 Å². The number of ketones is 1. The molecule has 2 saturated heterocycles. The number of amides is 8. The SMILES string of the molecule is CC(C)[C@H](NC(=O)CCCCCN1C(=O)C=CC1=O)C(=O)C[C@@H](CCCNC(N)=O)C(=O)Nc1ccc(COC(=O)N[C@H]2CCN(c3ccc(-c4cnc(N)c(C(=O)Nc5cnccc5N5CCOCC5)n4)cc3)C2)cc1. The van der Waals surface area contributed by atoms with E-state index in [0.29, 0.717) is 94.1 Å². The first-order valence-electron chi connectivity index (χ1n) is 25.9. The maximum Gasteiger partial charge on any atom is 0.407 e. The van der Waals surface area contributed by atoms with Gasteiger partial charge in [0.05, 0.1) is 54.8 Å². The number of hydrogen-bond acceptors (Lipinski definition) is 16. The number of imide groups is 1. The fourth-order valence-corrected chi connectivity index (χ4v) is 9.20. The van der Waals surface area contributed by atoms with Crippen LogP contribution in [0.5, 0.6) is 0 Å². The van der Waals surface area contributed by atoms with Gasteiger partial charge in [0.1, 0.15) is 6.61 Å². The number of aromatic nitrogens is 3. The summed E-state index contributed by atoms with van der Waals surface area (Å²) >= 11 is 0. The quantitative estimate of drug-likeness (QED) is 0.0359. The smallest absolute Gasteiger partial charge is 0.407 e. The van der Waals surface area contributed by atoms with Crippen LogP contribution in [0.25, 0.3) is 11.3 Å². The molecule has 4 aromatic rings. The molecule has 0 bridgehead atoms. The third-order valence-electron chi connectivity index (χ3n) is 13.4. The molecule has 9 N–H and O–H groups in total. The van der Waals surface area contributed by atoms with Gasteiger partial charge < -0.3 is 57.3 Å². The fraction of sp³-hybridized carbons (Fsp3) is 0.426. The number of nitrogens with zero attached hydrogens (tertiary/aromatic N) is 6. The number of morpholine rings is 1. The van der Waals surface area contributed by atoms with Gasteiger partial charge in [-0.15, -0.1) is 0 Å². The van der Waals surface area contributed by atoms with Gasteiger partial charge in [-0.3, -0.25) is 38.7 Å². The highest BCUT2D eigenvalue weighted by molar-refractivity contribution is 6.13. The number of hydrogen-bond donors (Lipinski definition) is 7. The van der Waals surface area contributed by atoms with Crippen LogP contribution in [-0.4, -0.2) is 132 Å². The zero-order valence-electron chi connectivity index (χ0n) is 43.3. The highest BCUT2D eigenvalue weighted by Gasteiger charge is 2.31. The Hall–Kier alpha value is -8.47. The number of unbranched alkanes of at least 4 members (excludes halogenated alkanes) is 2. The number of anilines is 5. The van der Waals surface area contributed by atoms with Crippen molar-refractivity contribution in [2.75, 3.05) is 78.6 Å². The lowest BCUT2D eigenvalue weighted by Gasteiger charge is -2.30. The van der Waals surface area contributed by atoms with Crippen LogP contribution in [-0.2, 0) is 40.1 Å². The summed E-state index contributed by atoms with van der Waals surface area (Å²) in [5.41, 5.74) is 16.0. The number of ether oxygens (including phenoxy) is 2. The molecule has 2 aromatic carbocycles. The number of Topliss-reactive ketones (excluding diaryl/α,β-unsaturated/α-hetero) is 1. The van der Waals surface area contributed by atoms with Crippen LogP contribution in [0.4, 0.5) is 38.2 Å². The van der Waals surface area contributed by atoms with E-state index in [-0.39, 0.29) is 85.9 Å². The number of pyridine rings is 1. The standard InChI is InChI=1S/C54H67N13O10/c1-34(2)48(64-45(69)8-4-3-5-23-67-46(70)17-18-47(67)71)44(68)29-37(7-6-21-58-53(56)74)51(72)60-38-13-9-35(10-14-38)33-77-54(75)61-39-20-24-66(32-39)40-15-11-36(12-16-40)41-31-59-50(55)49(62-41)52(73)63-42-30-57-22-19-43(42)65-25-27-76-28-26-65/h9-19,22,30-31,34,37,39,48H,3-8,20-21,23-29,32-33H2,1-2H3,(H2,55,59)(H,60,72)(H,61,75)(H,63,73)(H,64,69)(H3,56,58,74)/t37-,39+,48+/m1/s1. The van der Waals surface area contributed by atoms with Crippen molar-refractivity contribution in [3.05, 3.63) is 96.6 Å². The van der Waals surface area contributed by atoms with Crippen molar-refractivity contribution in [3.8, 4) is 11.3 Å². The molecule has 0 spiro atoms. The predicted molar refractivity (Wildman–Crippen MR) is 287 cm³/mol. The van der Waals surface area contributed by atoms with Crippen LogP contribution >= 0.6 is 0 Å². The van der Waals surface area contributed by atoms with Gasteiger partial charge in [0.25, 0.3) is 17.7 Å². The molecule has 5 heterocycles. The van der Waals surface area contributed by atoms with Crippen LogP contribution in [0, 0.1) is 11.8 Å². The number of primary amides is 1. The Kier molecular flexibility index (Phi) is 20.0. The Labute approximate surface area is 446 Å². The largest absolute Gasteiger partial charge is 0.445 e. The molecule has 3 aliphatic heterocycles. The molecule has 408 valence electrons. The molecule has 23 nitrogen and oxygen atoms in total. The second kappa shape index (κ2) is 27.4. The highest BCUT2D eigenvalue weighted by Crippen LogP contribution is 2.29. The fourth-order valence-electron chi connectivity index (χ4n) is 9.20. The average Bonchev–Trinajstić information content (AvgIpc) is 4.03. The summed E-state index contributed by atoms with van der Waals surface area (Å²) in [6, 6.07) is 14.5. The number of carbonyl (C=O) groups is 8. The Bertz CT molecular complexity index is 2770. The molecule has 8 amide bonds. The predicted octanol–water partition coefficient (Wildman–Crippen LogP) is 4.30. The molecular formula is C54H67N13O10. The molecule has 23 heteroatoms. The molecule has 0 radical (unpaired) electrons. The van der Waals surface area contributed by atoms with Crippen molar-refractivity contribution in [1.29, 1.82) is 0 Å². The molecule has 2 fully saturated rings. The first-order chi connectivity index (χ1) is 37.1. The number of carbonyl (C=O) groups excluding carboxylic acids is 8.